The van der Waals surface area contributed by atoms with Crippen molar-refractivity contribution in [3.8, 4) is 5.75 Å². The van der Waals surface area contributed by atoms with Crippen molar-refractivity contribution in [1.29, 1.82) is 0 Å². The fourth-order valence-corrected chi connectivity index (χ4v) is 6.75. The first-order valence-electron chi connectivity index (χ1n) is 12.1. The third-order valence-corrected chi connectivity index (χ3v) is 8.37. The van der Waals surface area contributed by atoms with E-state index in [9.17, 15) is 24.9 Å². The Bertz CT molecular complexity index is 1040. The number of nitrogens with zero attached hydrogens (tertiary/aromatic N) is 2. The van der Waals surface area contributed by atoms with Crippen LogP contribution in [0.2, 0.25) is 0 Å². The number of likely N-dealkylation sites (N-methyl/N-ethyl adjacent to an activating group) is 1. The van der Waals surface area contributed by atoms with Gasteiger partial charge in [0.15, 0.2) is 5.96 Å². The van der Waals surface area contributed by atoms with E-state index in [4.69, 9.17) is 17.2 Å². The number of rotatable bonds is 8. The Kier molecular flexibility index (Phi) is 6.69. The van der Waals surface area contributed by atoms with Crippen LogP contribution in [0.1, 0.15) is 60.0 Å². The van der Waals surface area contributed by atoms with Gasteiger partial charge in [-0.1, -0.05) is 6.07 Å². The molecule has 192 valence electrons. The first kappa shape index (κ1) is 25.2. The van der Waals surface area contributed by atoms with Crippen molar-refractivity contribution in [2.45, 2.75) is 74.1 Å². The van der Waals surface area contributed by atoms with E-state index < -0.39 is 28.9 Å². The van der Waals surface area contributed by atoms with Crippen LogP contribution in [-0.2, 0) is 16.6 Å². The highest BCUT2D eigenvalue weighted by atomic mass is 16.4. The molecule has 1 aliphatic heterocycles. The summed E-state index contributed by atoms with van der Waals surface area (Å²) in [6.45, 7) is 1.05. The minimum Gasteiger partial charge on any atom is -0.507 e. The Morgan fingerprint density at radius 1 is 1.29 bits per heavy atom. The number of carbonyl (C=O) groups excluding carboxylic acids is 1. The number of nitrogens with two attached hydrogens (primary N) is 3. The maximum atomic E-state index is 12.2. The number of amides is 1. The summed E-state index contributed by atoms with van der Waals surface area (Å²) >= 11 is 0. The fourth-order valence-electron chi connectivity index (χ4n) is 6.75. The SMILES string of the molecule is CN1CC[C@]23C[C@H](NC(CCCN=C(N)N)C(=O)O)CC[C@@]2(O)[C@H]1Cc1ccc(C(N)=O)c(O)c13. The molecule has 1 saturated carbocycles. The van der Waals surface area contributed by atoms with Gasteiger partial charge < -0.3 is 42.7 Å². The number of phenols is 1. The summed E-state index contributed by atoms with van der Waals surface area (Å²) in [5, 5.41) is 36.5. The predicted molar refractivity (Wildman–Crippen MR) is 130 cm³/mol. The first-order valence-corrected chi connectivity index (χ1v) is 12.1. The molecule has 1 heterocycles. The second kappa shape index (κ2) is 9.29. The maximum absolute atomic E-state index is 12.2. The number of nitrogens with one attached hydrogen (secondary N) is 1. The Morgan fingerprint density at radius 3 is 2.69 bits per heavy atom. The number of primary amides is 1. The van der Waals surface area contributed by atoms with Gasteiger partial charge >= 0.3 is 5.97 Å². The van der Waals surface area contributed by atoms with Crippen molar-refractivity contribution in [2.24, 2.45) is 22.2 Å². The van der Waals surface area contributed by atoms with E-state index in [1.165, 1.54) is 0 Å². The number of carbonyl (C=O) groups is 2. The van der Waals surface area contributed by atoms with Crippen LogP contribution in [0.15, 0.2) is 17.1 Å². The van der Waals surface area contributed by atoms with Gasteiger partial charge in [-0.2, -0.15) is 0 Å². The molecule has 1 amide bonds. The second-order valence-corrected chi connectivity index (χ2v) is 10.3. The number of piperidine rings is 1. The molecule has 4 rings (SSSR count). The van der Waals surface area contributed by atoms with Crippen molar-refractivity contribution in [2.75, 3.05) is 20.1 Å². The van der Waals surface area contributed by atoms with Gasteiger partial charge in [0.25, 0.3) is 5.91 Å². The van der Waals surface area contributed by atoms with Crippen LogP contribution >= 0.6 is 0 Å². The third-order valence-electron chi connectivity index (χ3n) is 8.37. The van der Waals surface area contributed by atoms with Crippen LogP contribution < -0.4 is 22.5 Å². The zero-order valence-electron chi connectivity index (χ0n) is 20.0. The van der Waals surface area contributed by atoms with Gasteiger partial charge in [-0.25, -0.2) is 0 Å². The van der Waals surface area contributed by atoms with Gasteiger partial charge in [-0.05, 0) is 70.2 Å². The monoisotopic (exact) mass is 488 g/mol. The highest BCUT2D eigenvalue weighted by Crippen LogP contribution is 2.60. The van der Waals surface area contributed by atoms with Crippen LogP contribution in [0.3, 0.4) is 0 Å². The van der Waals surface area contributed by atoms with E-state index in [0.29, 0.717) is 63.6 Å². The number of hydrogen-bond acceptors (Lipinski definition) is 7. The van der Waals surface area contributed by atoms with Crippen LogP contribution in [0, 0.1) is 0 Å². The number of guanidine groups is 1. The number of fused-ring (bicyclic) bond motifs is 1. The lowest BCUT2D eigenvalue weighted by atomic mass is 9.48. The zero-order valence-corrected chi connectivity index (χ0v) is 20.0. The second-order valence-electron chi connectivity index (χ2n) is 10.3. The van der Waals surface area contributed by atoms with Crippen molar-refractivity contribution in [1.82, 2.24) is 10.2 Å². The topological polar surface area (TPSA) is 201 Å². The van der Waals surface area contributed by atoms with E-state index in [2.05, 4.69) is 15.2 Å². The van der Waals surface area contributed by atoms with Crippen LogP contribution in [0.4, 0.5) is 0 Å². The Hall–Kier alpha value is -2.89. The molecule has 2 fully saturated rings. The minimum absolute atomic E-state index is 0.0292. The Labute approximate surface area is 204 Å². The maximum Gasteiger partial charge on any atom is 0.320 e. The predicted octanol–water partition coefficient (Wildman–Crippen LogP) is -0.631. The lowest BCUT2D eigenvalue weighted by Gasteiger charge is -2.64. The summed E-state index contributed by atoms with van der Waals surface area (Å²) in [5.41, 5.74) is 15.8. The molecule has 2 bridgehead atoms. The fraction of sp³-hybridized carbons (Fsp3) is 0.625. The number of aliphatic hydroxyl groups is 1. The molecule has 1 aromatic rings. The molecule has 0 aromatic heterocycles. The quantitative estimate of drug-likeness (QED) is 0.141. The average Bonchev–Trinajstić information content (AvgIpc) is 2.78. The molecule has 5 atom stereocenters. The molecule has 1 saturated heterocycles. The molecule has 2 aliphatic carbocycles. The molecule has 3 aliphatic rings. The Balaban J connectivity index is 1.67. The molecule has 0 radical (unpaired) electrons. The largest absolute Gasteiger partial charge is 0.507 e. The summed E-state index contributed by atoms with van der Waals surface area (Å²) in [6.07, 6.45) is 3.44. The smallest absolute Gasteiger partial charge is 0.320 e. The van der Waals surface area contributed by atoms with Gasteiger partial charge in [0.1, 0.15) is 11.8 Å². The highest BCUT2D eigenvalue weighted by Gasteiger charge is 2.65. The summed E-state index contributed by atoms with van der Waals surface area (Å²) in [5.74, 6) is -1.88. The standard InChI is InChI=1S/C24H36N6O5/c1-30-10-8-23-12-14(29-16(21(33)34)3-2-9-28-22(26)27)6-7-24(23,35)17(30)11-13-4-5-15(20(25)32)19(31)18(13)23/h4-5,14,16-17,29,31,35H,2-3,6-12H2,1H3,(H2,25,32)(H,33,34)(H4,26,27,28)/t14-,16?,17-,23-,24-/m1/s1. The zero-order chi connectivity index (χ0) is 25.5. The van der Waals surface area contributed by atoms with Crippen molar-refractivity contribution >= 4 is 17.8 Å². The first-order chi connectivity index (χ1) is 16.5. The minimum atomic E-state index is -1.12. The van der Waals surface area contributed by atoms with Gasteiger partial charge in [-0.3, -0.25) is 14.6 Å². The molecular weight excluding hydrogens is 452 g/mol. The third kappa shape index (κ3) is 4.21. The Morgan fingerprint density at radius 2 is 2.03 bits per heavy atom. The molecule has 10 N–H and O–H groups in total. The number of carboxylic acids is 1. The lowest BCUT2D eigenvalue weighted by molar-refractivity contribution is -0.166. The average molecular weight is 489 g/mol. The molecule has 0 spiro atoms. The van der Waals surface area contributed by atoms with Crippen LogP contribution in [0.5, 0.6) is 5.75 Å². The lowest BCUT2D eigenvalue weighted by Crippen LogP contribution is -2.73. The van der Waals surface area contributed by atoms with Gasteiger partial charge in [0.05, 0.1) is 11.2 Å². The van der Waals surface area contributed by atoms with Crippen LogP contribution in [0.25, 0.3) is 0 Å². The van der Waals surface area contributed by atoms with E-state index >= 15 is 0 Å². The van der Waals surface area contributed by atoms with Crippen LogP contribution in [-0.4, -0.2) is 81.9 Å². The summed E-state index contributed by atoms with van der Waals surface area (Å²) in [4.78, 5) is 30.1. The van der Waals surface area contributed by atoms with Crippen molar-refractivity contribution in [3.05, 3.63) is 28.8 Å². The van der Waals surface area contributed by atoms with Crippen molar-refractivity contribution in [3.63, 3.8) is 0 Å². The highest BCUT2D eigenvalue weighted by molar-refractivity contribution is 5.96. The molecule has 11 nitrogen and oxygen atoms in total. The number of likely N-dealkylation sites (tertiary alicyclic amines) is 1. The van der Waals surface area contributed by atoms with E-state index in [1.54, 1.807) is 6.07 Å². The van der Waals surface area contributed by atoms with Gasteiger partial charge in [0, 0.05) is 29.6 Å². The molecule has 11 heteroatoms. The summed E-state index contributed by atoms with van der Waals surface area (Å²) in [6, 6.07) is 2.23. The molecular formula is C24H36N6O5. The molecule has 35 heavy (non-hydrogen) atoms. The van der Waals surface area contributed by atoms with Gasteiger partial charge in [0.2, 0.25) is 0 Å². The molecule has 1 aromatic carbocycles. The summed E-state index contributed by atoms with van der Waals surface area (Å²) < 4.78 is 0. The number of aliphatic imine (C=N–C) groups is 1. The number of benzene rings is 1. The summed E-state index contributed by atoms with van der Waals surface area (Å²) in [7, 11) is 2.00. The van der Waals surface area contributed by atoms with E-state index in [-0.39, 0.29) is 29.4 Å². The van der Waals surface area contributed by atoms with Gasteiger partial charge in [-0.15, -0.1) is 0 Å². The van der Waals surface area contributed by atoms with E-state index in [0.717, 1.165) is 5.56 Å². The number of hydrogen-bond donors (Lipinski definition) is 7. The normalized spacial score (nSPS) is 30.6. The number of aliphatic carboxylic acids is 1. The molecule has 1 unspecified atom stereocenters. The van der Waals surface area contributed by atoms with Crippen molar-refractivity contribution < 1.29 is 24.9 Å². The van der Waals surface area contributed by atoms with E-state index in [1.807, 2.05) is 13.1 Å². The number of carboxylic acid groups (broad SMARTS) is 1. The number of aromatic hydroxyl groups is 1.